The molecule has 0 saturated heterocycles. The Bertz CT molecular complexity index is 1290. The van der Waals surface area contributed by atoms with E-state index in [-0.39, 0.29) is 5.56 Å². The van der Waals surface area contributed by atoms with E-state index in [1.54, 1.807) is 12.1 Å². The van der Waals surface area contributed by atoms with Crippen LogP contribution in [0.1, 0.15) is 38.8 Å². The Morgan fingerprint density at radius 1 is 0.919 bits per heavy atom. The maximum absolute atomic E-state index is 13.8. The fraction of sp³-hybridized carbons (Fsp3) is 0.200. The number of rotatable bonds is 7. The van der Waals surface area contributed by atoms with Gasteiger partial charge < -0.3 is 21.7 Å². The Morgan fingerprint density at radius 3 is 1.81 bits per heavy atom. The van der Waals surface area contributed by atoms with Crippen LogP contribution in [0, 0.1) is 23.7 Å². The number of amides is 5. The molecule has 2 aromatic rings. The third kappa shape index (κ3) is 7.52. The molecule has 2 aromatic carbocycles. The summed E-state index contributed by atoms with van der Waals surface area (Å²) in [5.74, 6) is 8.01. The standard InChI is InChI=1S/C25H23F2N5O5/c1-25(23(26)27,31-24(36)29-2)19(22(35)32-37)30-21(34)18-13-9-16(10-14-18)6-4-3-5-15-7-11-17(12-8-15)20(28)33/h7-14,19,23,37H,1-2H3,(H2,28,33)(H,30,34)(H,32,35)(H2,29,31,36)/t19-,25?/m1/s1. The van der Waals surface area contributed by atoms with Gasteiger partial charge in [-0.15, -0.1) is 0 Å². The molecule has 0 radical (unpaired) electrons. The van der Waals surface area contributed by atoms with Crippen LogP contribution >= 0.6 is 0 Å². The third-order valence-corrected chi connectivity index (χ3v) is 5.10. The lowest BCUT2D eigenvalue weighted by atomic mass is 9.91. The van der Waals surface area contributed by atoms with E-state index < -0.39 is 41.8 Å². The van der Waals surface area contributed by atoms with Crippen molar-refractivity contribution >= 4 is 23.8 Å². The third-order valence-electron chi connectivity index (χ3n) is 5.10. The first kappa shape index (κ1) is 28.3. The van der Waals surface area contributed by atoms with Gasteiger partial charge in [0.05, 0.1) is 0 Å². The minimum atomic E-state index is -3.30. The van der Waals surface area contributed by atoms with Crippen LogP contribution in [0.2, 0.25) is 0 Å². The van der Waals surface area contributed by atoms with E-state index in [0.29, 0.717) is 16.7 Å². The monoisotopic (exact) mass is 511 g/mol. The number of nitrogens with two attached hydrogens (primary N) is 1. The number of hydroxylamine groups is 1. The number of halogens is 2. The van der Waals surface area contributed by atoms with Crippen LogP contribution in [0.25, 0.3) is 0 Å². The van der Waals surface area contributed by atoms with Crippen LogP contribution in [0.3, 0.4) is 0 Å². The molecule has 2 rings (SSSR count). The van der Waals surface area contributed by atoms with Crippen LogP contribution in [-0.4, -0.2) is 54.0 Å². The molecular weight excluding hydrogens is 488 g/mol. The summed E-state index contributed by atoms with van der Waals surface area (Å²) in [6, 6.07) is 8.89. The summed E-state index contributed by atoms with van der Waals surface area (Å²) >= 11 is 0. The SMILES string of the molecule is CNC(=O)NC(C)(C(F)F)[C@H](NC(=O)c1ccc(C#CC#Cc2ccc(C(N)=O)cc2)cc1)C(=O)NO. The molecule has 0 aliphatic heterocycles. The highest BCUT2D eigenvalue weighted by atomic mass is 19.3. The molecule has 0 bridgehead atoms. The first-order valence-corrected chi connectivity index (χ1v) is 10.6. The van der Waals surface area contributed by atoms with Crippen molar-refractivity contribution in [3.63, 3.8) is 0 Å². The second-order valence-electron chi connectivity index (χ2n) is 7.69. The lowest BCUT2D eigenvalue weighted by molar-refractivity contribution is -0.135. The largest absolute Gasteiger partial charge is 0.366 e. The summed E-state index contributed by atoms with van der Waals surface area (Å²) in [5, 5.41) is 15.1. The van der Waals surface area contributed by atoms with Crippen molar-refractivity contribution in [2.45, 2.75) is 24.9 Å². The molecule has 0 spiro atoms. The van der Waals surface area contributed by atoms with E-state index in [4.69, 9.17) is 10.9 Å². The Balaban J connectivity index is 2.16. The molecular formula is C25H23F2N5O5. The van der Waals surface area contributed by atoms with Crippen molar-refractivity contribution in [3.05, 3.63) is 70.8 Å². The van der Waals surface area contributed by atoms with E-state index in [1.807, 2.05) is 5.32 Å². The molecule has 7 N–H and O–H groups in total. The number of urea groups is 1. The zero-order chi connectivity index (χ0) is 27.6. The van der Waals surface area contributed by atoms with Gasteiger partial charge in [0.2, 0.25) is 5.91 Å². The molecule has 10 nitrogen and oxygen atoms in total. The Kier molecular flexibility index (Phi) is 9.69. The van der Waals surface area contributed by atoms with Crippen molar-refractivity contribution in [1.82, 2.24) is 21.4 Å². The predicted octanol–water partition coefficient (Wildman–Crippen LogP) is 0.745. The first-order chi connectivity index (χ1) is 17.5. The molecule has 5 amide bonds. The quantitative estimate of drug-likeness (QED) is 0.183. The summed E-state index contributed by atoms with van der Waals surface area (Å²) in [5.41, 5.74) is 5.29. The number of carbonyl (C=O) groups excluding carboxylic acids is 4. The zero-order valence-corrected chi connectivity index (χ0v) is 19.7. The topological polar surface area (TPSA) is 163 Å². The first-order valence-electron chi connectivity index (χ1n) is 10.6. The molecule has 0 aromatic heterocycles. The fourth-order valence-electron chi connectivity index (χ4n) is 2.96. The smallest absolute Gasteiger partial charge is 0.315 e. The van der Waals surface area contributed by atoms with Crippen LogP contribution in [0.4, 0.5) is 13.6 Å². The van der Waals surface area contributed by atoms with E-state index in [1.165, 1.54) is 48.9 Å². The molecule has 0 fully saturated rings. The number of hydrogen-bond acceptors (Lipinski definition) is 5. The molecule has 192 valence electrons. The number of primary amides is 1. The molecule has 0 heterocycles. The van der Waals surface area contributed by atoms with Gasteiger partial charge in [-0.25, -0.2) is 19.1 Å². The van der Waals surface area contributed by atoms with Crippen molar-refractivity contribution in [3.8, 4) is 23.7 Å². The number of nitrogens with one attached hydrogen (secondary N) is 4. The lowest BCUT2D eigenvalue weighted by Gasteiger charge is -2.36. The molecule has 0 aliphatic carbocycles. The molecule has 2 atom stereocenters. The highest BCUT2D eigenvalue weighted by Crippen LogP contribution is 2.21. The maximum atomic E-state index is 13.8. The summed E-state index contributed by atoms with van der Waals surface area (Å²) in [7, 11) is 1.18. The fourth-order valence-corrected chi connectivity index (χ4v) is 2.96. The highest BCUT2D eigenvalue weighted by molar-refractivity contribution is 5.98. The van der Waals surface area contributed by atoms with Gasteiger partial charge in [0.15, 0.2) is 0 Å². The molecule has 37 heavy (non-hydrogen) atoms. The Hall–Kier alpha value is -4.94. The Labute approximate surface area is 210 Å². The molecule has 12 heteroatoms. The van der Waals surface area contributed by atoms with Gasteiger partial charge in [-0.3, -0.25) is 19.6 Å². The van der Waals surface area contributed by atoms with Crippen LogP contribution in [0.15, 0.2) is 48.5 Å². The minimum Gasteiger partial charge on any atom is -0.366 e. The van der Waals surface area contributed by atoms with Gasteiger partial charge >= 0.3 is 6.03 Å². The van der Waals surface area contributed by atoms with Gasteiger partial charge in [-0.2, -0.15) is 0 Å². The molecule has 0 saturated carbocycles. The maximum Gasteiger partial charge on any atom is 0.315 e. The van der Waals surface area contributed by atoms with E-state index in [9.17, 15) is 28.0 Å². The lowest BCUT2D eigenvalue weighted by Crippen LogP contribution is -2.69. The molecule has 0 aliphatic rings. The summed E-state index contributed by atoms with van der Waals surface area (Å²) in [4.78, 5) is 47.5. The number of alkyl halides is 2. The van der Waals surface area contributed by atoms with Gasteiger partial charge in [0.25, 0.3) is 18.2 Å². The minimum absolute atomic E-state index is 0.00141. The van der Waals surface area contributed by atoms with Crippen molar-refractivity contribution < 1.29 is 33.2 Å². The van der Waals surface area contributed by atoms with E-state index in [2.05, 4.69) is 34.3 Å². The second-order valence-corrected chi connectivity index (χ2v) is 7.69. The van der Waals surface area contributed by atoms with Gasteiger partial charge in [0, 0.05) is 29.3 Å². The number of hydrogen-bond donors (Lipinski definition) is 6. The summed E-state index contributed by atoms with van der Waals surface area (Å²) in [6.45, 7) is 0.846. The van der Waals surface area contributed by atoms with Gasteiger partial charge in [-0.05, 0) is 67.3 Å². The van der Waals surface area contributed by atoms with Crippen molar-refractivity contribution in [2.24, 2.45) is 5.73 Å². The number of benzene rings is 2. The Morgan fingerprint density at radius 2 is 1.41 bits per heavy atom. The average Bonchev–Trinajstić information content (AvgIpc) is 2.89. The molecule has 1 unspecified atom stereocenters. The van der Waals surface area contributed by atoms with Crippen molar-refractivity contribution in [2.75, 3.05) is 7.05 Å². The second kappa shape index (κ2) is 12.7. The van der Waals surface area contributed by atoms with E-state index >= 15 is 0 Å². The van der Waals surface area contributed by atoms with Crippen LogP contribution < -0.4 is 27.2 Å². The zero-order valence-electron chi connectivity index (χ0n) is 19.7. The normalized spacial score (nSPS) is 12.4. The number of carbonyl (C=O) groups is 4. The average molecular weight is 511 g/mol. The predicted molar refractivity (Wildman–Crippen MR) is 128 cm³/mol. The van der Waals surface area contributed by atoms with Crippen LogP contribution in [0.5, 0.6) is 0 Å². The van der Waals surface area contributed by atoms with Gasteiger partial charge in [0.1, 0.15) is 11.6 Å². The summed E-state index contributed by atoms with van der Waals surface area (Å²) in [6.07, 6.45) is -3.30. The highest BCUT2D eigenvalue weighted by Gasteiger charge is 2.48. The van der Waals surface area contributed by atoms with Crippen LogP contribution in [-0.2, 0) is 4.79 Å². The van der Waals surface area contributed by atoms with E-state index in [0.717, 1.165) is 6.92 Å². The summed E-state index contributed by atoms with van der Waals surface area (Å²) < 4.78 is 27.7. The van der Waals surface area contributed by atoms with Gasteiger partial charge in [-0.1, -0.05) is 11.8 Å². The van der Waals surface area contributed by atoms with Crippen molar-refractivity contribution in [1.29, 1.82) is 0 Å².